The van der Waals surface area contributed by atoms with Crippen LogP contribution in [0.5, 0.6) is 0 Å². The molecule has 120 valence electrons. The zero-order chi connectivity index (χ0) is 15.8. The largest absolute Gasteiger partial charge is 0.374 e. The average molecular weight is 316 g/mol. The second kappa shape index (κ2) is 5.73. The number of nitrogens with one attached hydrogen (secondary N) is 1. The molecule has 2 aromatic rings. The summed E-state index contributed by atoms with van der Waals surface area (Å²) < 4.78 is 19.7. The van der Waals surface area contributed by atoms with Gasteiger partial charge in [-0.25, -0.2) is 9.37 Å². The fourth-order valence-electron chi connectivity index (χ4n) is 3.49. The molecule has 2 aliphatic rings. The number of anilines is 1. The molecular weight excluding hydrogens is 299 g/mol. The molecule has 0 spiro atoms. The summed E-state index contributed by atoms with van der Waals surface area (Å²) in [5.74, 6) is 0.00110. The van der Waals surface area contributed by atoms with Crippen molar-refractivity contribution in [1.29, 1.82) is 0 Å². The lowest BCUT2D eigenvalue weighted by Crippen LogP contribution is -2.49. The van der Waals surface area contributed by atoms with Crippen molar-refractivity contribution in [3.8, 4) is 11.3 Å². The van der Waals surface area contributed by atoms with Gasteiger partial charge in [-0.3, -0.25) is 14.8 Å². The van der Waals surface area contributed by atoms with E-state index in [1.165, 1.54) is 18.3 Å². The summed E-state index contributed by atoms with van der Waals surface area (Å²) in [6.45, 7) is 1.28. The minimum atomic E-state index is -0.489. The first-order valence-corrected chi connectivity index (χ1v) is 7.82. The third kappa shape index (κ3) is 2.61. The van der Waals surface area contributed by atoms with Crippen LogP contribution in [-0.4, -0.2) is 40.2 Å². The summed E-state index contributed by atoms with van der Waals surface area (Å²) in [4.78, 5) is 25.1. The third-order valence-corrected chi connectivity index (χ3v) is 4.53. The molecule has 1 aliphatic heterocycles. The lowest BCUT2D eigenvalue weighted by Gasteiger charge is -2.38. The summed E-state index contributed by atoms with van der Waals surface area (Å²) in [5.41, 5.74) is 0.315. The van der Waals surface area contributed by atoms with Crippen molar-refractivity contribution in [2.24, 2.45) is 0 Å². The molecule has 2 atom stereocenters. The van der Waals surface area contributed by atoms with E-state index in [1.807, 2.05) is 0 Å². The number of pyridine rings is 1. The molecule has 3 heterocycles. The first-order valence-electron chi connectivity index (χ1n) is 7.82. The fraction of sp³-hybridized carbons (Fsp3) is 0.438. The number of ether oxygens (including phenoxy) is 1. The van der Waals surface area contributed by atoms with Gasteiger partial charge in [0.05, 0.1) is 30.6 Å². The summed E-state index contributed by atoms with van der Waals surface area (Å²) in [6.07, 6.45) is 5.96. The highest BCUT2D eigenvalue weighted by atomic mass is 19.1. The van der Waals surface area contributed by atoms with E-state index in [0.717, 1.165) is 25.5 Å². The summed E-state index contributed by atoms with van der Waals surface area (Å²) in [6, 6.07) is 3.07. The van der Waals surface area contributed by atoms with Gasteiger partial charge in [0.25, 0.3) is 5.56 Å². The number of hydrogen-bond acceptors (Lipinski definition) is 5. The number of aromatic nitrogens is 3. The van der Waals surface area contributed by atoms with E-state index in [9.17, 15) is 9.18 Å². The van der Waals surface area contributed by atoms with Crippen LogP contribution < -0.4 is 10.5 Å². The van der Waals surface area contributed by atoms with Crippen molar-refractivity contribution in [3.05, 3.63) is 40.7 Å². The van der Waals surface area contributed by atoms with Crippen molar-refractivity contribution in [3.63, 3.8) is 0 Å². The Labute approximate surface area is 132 Å². The van der Waals surface area contributed by atoms with Crippen molar-refractivity contribution < 1.29 is 9.13 Å². The lowest BCUT2D eigenvalue weighted by atomic mass is 10.1. The van der Waals surface area contributed by atoms with Crippen LogP contribution in [0.3, 0.4) is 0 Å². The normalized spacial score (nSPS) is 23.8. The van der Waals surface area contributed by atoms with Crippen molar-refractivity contribution >= 4 is 5.95 Å². The number of H-pyrrole nitrogens is 1. The number of rotatable bonds is 2. The van der Waals surface area contributed by atoms with Gasteiger partial charge in [-0.15, -0.1) is 0 Å². The van der Waals surface area contributed by atoms with Gasteiger partial charge in [0.2, 0.25) is 5.95 Å². The van der Waals surface area contributed by atoms with E-state index in [-0.39, 0.29) is 23.3 Å². The van der Waals surface area contributed by atoms with Gasteiger partial charge in [0.1, 0.15) is 0 Å². The van der Waals surface area contributed by atoms with Crippen molar-refractivity contribution in [2.45, 2.75) is 31.4 Å². The maximum absolute atomic E-state index is 13.9. The molecule has 0 unspecified atom stereocenters. The van der Waals surface area contributed by atoms with Gasteiger partial charge in [0, 0.05) is 24.4 Å². The molecule has 6 nitrogen and oxygen atoms in total. The SMILES string of the molecule is O=c1cc(-c2ccncc2F)nc(N2CCO[C@@H]3CCC[C@H]32)[nH]1. The molecule has 23 heavy (non-hydrogen) atoms. The number of hydrogen-bond donors (Lipinski definition) is 1. The molecule has 4 rings (SSSR count). The quantitative estimate of drug-likeness (QED) is 0.913. The molecule has 0 aromatic carbocycles. The minimum Gasteiger partial charge on any atom is -0.374 e. The third-order valence-electron chi connectivity index (χ3n) is 4.53. The van der Waals surface area contributed by atoms with Gasteiger partial charge in [0.15, 0.2) is 5.82 Å². The monoisotopic (exact) mass is 316 g/mol. The summed E-state index contributed by atoms with van der Waals surface area (Å²) in [7, 11) is 0. The average Bonchev–Trinajstić information content (AvgIpc) is 3.03. The standard InChI is InChI=1S/C16H17FN4O2/c17-11-9-18-5-4-10(11)12-8-15(22)20-16(19-12)21-6-7-23-14-3-1-2-13(14)21/h4-5,8-9,13-14H,1-3,6-7H2,(H,19,20,22)/t13-,14-/m1/s1. The molecule has 1 N–H and O–H groups in total. The summed E-state index contributed by atoms with van der Waals surface area (Å²) in [5, 5.41) is 0. The zero-order valence-corrected chi connectivity index (χ0v) is 12.5. The predicted octanol–water partition coefficient (Wildman–Crippen LogP) is 1.73. The second-order valence-electron chi connectivity index (χ2n) is 5.91. The van der Waals surface area contributed by atoms with E-state index >= 15 is 0 Å². The highest BCUT2D eigenvalue weighted by molar-refractivity contribution is 5.60. The van der Waals surface area contributed by atoms with E-state index in [1.54, 1.807) is 0 Å². The van der Waals surface area contributed by atoms with Gasteiger partial charge in [-0.1, -0.05) is 0 Å². The number of nitrogens with zero attached hydrogens (tertiary/aromatic N) is 3. The molecule has 7 heteroatoms. The molecule has 2 aromatic heterocycles. The Morgan fingerprint density at radius 1 is 1.39 bits per heavy atom. The molecular formula is C16H17FN4O2. The Bertz CT molecular complexity index is 779. The Morgan fingerprint density at radius 3 is 3.17 bits per heavy atom. The Hall–Kier alpha value is -2.28. The molecule has 0 amide bonds. The lowest BCUT2D eigenvalue weighted by molar-refractivity contribution is 0.0250. The van der Waals surface area contributed by atoms with Gasteiger partial charge >= 0.3 is 0 Å². The minimum absolute atomic E-state index is 0.190. The molecule has 0 radical (unpaired) electrons. The second-order valence-corrected chi connectivity index (χ2v) is 5.91. The van der Waals surface area contributed by atoms with E-state index in [2.05, 4.69) is 19.9 Å². The fourth-order valence-corrected chi connectivity index (χ4v) is 3.49. The number of fused-ring (bicyclic) bond motifs is 1. The van der Waals surface area contributed by atoms with Gasteiger partial charge < -0.3 is 9.64 Å². The van der Waals surface area contributed by atoms with Crippen LogP contribution in [0.1, 0.15) is 19.3 Å². The van der Waals surface area contributed by atoms with Crippen LogP contribution in [0, 0.1) is 5.82 Å². The number of aromatic amines is 1. The number of morpholine rings is 1. The van der Waals surface area contributed by atoms with Crippen LogP contribution in [0.2, 0.25) is 0 Å². The van der Waals surface area contributed by atoms with Crippen molar-refractivity contribution in [1.82, 2.24) is 15.0 Å². The van der Waals surface area contributed by atoms with Crippen LogP contribution in [0.15, 0.2) is 29.3 Å². The van der Waals surface area contributed by atoms with E-state index in [4.69, 9.17) is 4.74 Å². The molecule has 1 saturated heterocycles. The smallest absolute Gasteiger partial charge is 0.252 e. The topological polar surface area (TPSA) is 71.1 Å². The maximum atomic E-state index is 13.9. The zero-order valence-electron chi connectivity index (χ0n) is 12.5. The Morgan fingerprint density at radius 2 is 2.30 bits per heavy atom. The van der Waals surface area contributed by atoms with Gasteiger partial charge in [-0.2, -0.15) is 0 Å². The van der Waals surface area contributed by atoms with Crippen LogP contribution in [0.25, 0.3) is 11.3 Å². The predicted molar refractivity (Wildman–Crippen MR) is 82.8 cm³/mol. The van der Waals surface area contributed by atoms with E-state index in [0.29, 0.717) is 24.8 Å². The van der Waals surface area contributed by atoms with Crippen LogP contribution >= 0.6 is 0 Å². The molecule has 1 aliphatic carbocycles. The summed E-state index contributed by atoms with van der Waals surface area (Å²) >= 11 is 0. The van der Waals surface area contributed by atoms with Crippen LogP contribution in [-0.2, 0) is 4.74 Å². The Balaban J connectivity index is 1.75. The van der Waals surface area contributed by atoms with Crippen LogP contribution in [0.4, 0.5) is 10.3 Å². The number of halogens is 1. The van der Waals surface area contributed by atoms with Gasteiger partial charge in [-0.05, 0) is 25.3 Å². The molecule has 0 bridgehead atoms. The van der Waals surface area contributed by atoms with Crippen molar-refractivity contribution in [2.75, 3.05) is 18.1 Å². The molecule has 1 saturated carbocycles. The first-order chi connectivity index (χ1) is 11.2. The highest BCUT2D eigenvalue weighted by Crippen LogP contribution is 2.32. The maximum Gasteiger partial charge on any atom is 0.252 e. The first kappa shape index (κ1) is 14.3. The van der Waals surface area contributed by atoms with E-state index < -0.39 is 5.82 Å². The highest BCUT2D eigenvalue weighted by Gasteiger charge is 2.37. The Kier molecular flexibility index (Phi) is 3.57. The molecule has 2 fully saturated rings.